The second-order valence-corrected chi connectivity index (χ2v) is 6.01. The number of ether oxygens (including phenoxy) is 1. The van der Waals surface area contributed by atoms with E-state index in [4.69, 9.17) is 10.5 Å². The Morgan fingerprint density at radius 2 is 2.04 bits per heavy atom. The van der Waals surface area contributed by atoms with E-state index in [-0.39, 0.29) is 43.3 Å². The summed E-state index contributed by atoms with van der Waals surface area (Å²) in [7, 11) is 0. The summed E-state index contributed by atoms with van der Waals surface area (Å²) in [6, 6.07) is 7.09. The average molecular weight is 357 g/mol. The number of nitrogens with two attached hydrogens (primary N) is 1. The van der Waals surface area contributed by atoms with Crippen molar-refractivity contribution < 1.29 is 13.9 Å². The number of halogens is 2. The molecule has 0 aliphatic heterocycles. The van der Waals surface area contributed by atoms with Crippen LogP contribution in [0.4, 0.5) is 4.39 Å². The van der Waals surface area contributed by atoms with Gasteiger partial charge in [0.1, 0.15) is 18.2 Å². The third kappa shape index (κ3) is 6.13. The predicted molar refractivity (Wildman–Crippen MR) is 96.4 cm³/mol. The minimum atomic E-state index is -0.371. The zero-order valence-electron chi connectivity index (χ0n) is 14.0. The maximum atomic E-state index is 13.6. The number of amides is 1. The van der Waals surface area contributed by atoms with E-state index in [0.717, 1.165) is 12.8 Å². The lowest BCUT2D eigenvalue weighted by Gasteiger charge is -2.22. The Kier molecular flexibility index (Phi) is 8.79. The minimum absolute atomic E-state index is 0. The van der Waals surface area contributed by atoms with Gasteiger partial charge >= 0.3 is 0 Å². The molecule has 0 aromatic heterocycles. The van der Waals surface area contributed by atoms with Gasteiger partial charge in [-0.1, -0.05) is 25.3 Å². The Morgan fingerprint density at radius 1 is 1.33 bits per heavy atom. The summed E-state index contributed by atoms with van der Waals surface area (Å²) in [5, 5.41) is 3.06. The molecule has 0 spiro atoms. The average Bonchev–Trinajstić information content (AvgIpc) is 2.60. The molecule has 0 saturated heterocycles. The molecule has 4 nitrogen and oxygen atoms in total. The highest BCUT2D eigenvalue weighted by Crippen LogP contribution is 2.19. The first-order valence-electron chi connectivity index (χ1n) is 8.18. The number of hydrogen-bond donors (Lipinski definition) is 2. The molecule has 134 valence electrons. The fourth-order valence-electron chi connectivity index (χ4n) is 2.62. The number of nitrogens with one attached hydrogen (secondary N) is 1. The molecule has 24 heavy (non-hydrogen) atoms. The van der Waals surface area contributed by atoms with Gasteiger partial charge < -0.3 is 15.8 Å². The van der Waals surface area contributed by atoms with Gasteiger partial charge in [-0.3, -0.25) is 4.79 Å². The molecule has 1 fully saturated rings. The number of benzene rings is 1. The van der Waals surface area contributed by atoms with Crippen LogP contribution in [-0.2, 0) is 0 Å². The molecule has 0 radical (unpaired) electrons. The van der Waals surface area contributed by atoms with Gasteiger partial charge in [0.25, 0.3) is 5.91 Å². The highest BCUT2D eigenvalue weighted by molar-refractivity contribution is 5.94. The second kappa shape index (κ2) is 10.3. The van der Waals surface area contributed by atoms with Gasteiger partial charge in [0.15, 0.2) is 0 Å². The van der Waals surface area contributed by atoms with Crippen molar-refractivity contribution in [3.8, 4) is 5.75 Å². The molecule has 1 aromatic rings. The normalized spacial score (nSPS) is 16.0. The molecule has 1 aliphatic rings. The summed E-state index contributed by atoms with van der Waals surface area (Å²) in [6.07, 6.45) is 5.66. The van der Waals surface area contributed by atoms with Crippen molar-refractivity contribution in [1.29, 1.82) is 0 Å². The van der Waals surface area contributed by atoms with E-state index in [1.54, 1.807) is 31.2 Å². The van der Waals surface area contributed by atoms with E-state index >= 15 is 0 Å². The van der Waals surface area contributed by atoms with Crippen LogP contribution in [0.25, 0.3) is 0 Å². The van der Waals surface area contributed by atoms with Crippen LogP contribution < -0.4 is 15.8 Å². The summed E-state index contributed by atoms with van der Waals surface area (Å²) in [4.78, 5) is 12.3. The highest BCUT2D eigenvalue weighted by atomic mass is 35.5. The molecule has 6 heteroatoms. The predicted octanol–water partition coefficient (Wildman–Crippen LogP) is 3.75. The summed E-state index contributed by atoms with van der Waals surface area (Å²) >= 11 is 0. The summed E-state index contributed by atoms with van der Waals surface area (Å²) in [5.74, 6) is 0.00216. The summed E-state index contributed by atoms with van der Waals surface area (Å²) in [6.45, 7) is 1.63. The highest BCUT2D eigenvalue weighted by Gasteiger charge is 2.16. The van der Waals surface area contributed by atoms with Gasteiger partial charge in [0.05, 0.1) is 0 Å². The number of hydrogen-bond acceptors (Lipinski definition) is 3. The van der Waals surface area contributed by atoms with Gasteiger partial charge in [-0.25, -0.2) is 4.39 Å². The van der Waals surface area contributed by atoms with Crippen LogP contribution in [0.1, 0.15) is 49.4 Å². The fourth-order valence-corrected chi connectivity index (χ4v) is 2.62. The number of carbonyl (C=O) groups excluding carboxylic acids is 1. The molecular formula is C18H26ClFN2O2. The van der Waals surface area contributed by atoms with Gasteiger partial charge in [-0.05, 0) is 43.5 Å². The van der Waals surface area contributed by atoms with Crippen LogP contribution in [0.3, 0.4) is 0 Å². The molecule has 1 saturated carbocycles. The van der Waals surface area contributed by atoms with E-state index < -0.39 is 0 Å². The van der Waals surface area contributed by atoms with Crippen molar-refractivity contribution >= 4 is 18.3 Å². The summed E-state index contributed by atoms with van der Waals surface area (Å²) in [5.41, 5.74) is 6.39. The van der Waals surface area contributed by atoms with E-state index in [9.17, 15) is 9.18 Å². The fraction of sp³-hybridized carbons (Fsp3) is 0.500. The molecule has 0 bridgehead atoms. The van der Waals surface area contributed by atoms with Gasteiger partial charge in [-0.15, -0.1) is 12.4 Å². The molecule has 1 aromatic carbocycles. The van der Waals surface area contributed by atoms with Crippen molar-refractivity contribution in [2.75, 3.05) is 13.2 Å². The van der Waals surface area contributed by atoms with Gasteiger partial charge in [-0.2, -0.15) is 0 Å². The van der Waals surface area contributed by atoms with Crippen molar-refractivity contribution in [3.63, 3.8) is 0 Å². The maximum absolute atomic E-state index is 13.6. The smallest absolute Gasteiger partial charge is 0.251 e. The Labute approximate surface area is 149 Å². The molecule has 3 N–H and O–H groups in total. The molecule has 0 unspecified atom stereocenters. The SMILES string of the molecule is C/C(CN)=C(/F)COc1cccc(C(=O)NC2CCCCC2)c1.Cl. The molecular weight excluding hydrogens is 331 g/mol. The van der Waals surface area contributed by atoms with Crippen molar-refractivity contribution in [1.82, 2.24) is 5.32 Å². The quantitative estimate of drug-likeness (QED) is 0.815. The van der Waals surface area contributed by atoms with Gasteiger partial charge in [0.2, 0.25) is 0 Å². The second-order valence-electron chi connectivity index (χ2n) is 6.01. The molecule has 1 amide bonds. The van der Waals surface area contributed by atoms with E-state index in [2.05, 4.69) is 5.32 Å². The number of carbonyl (C=O) groups is 1. The van der Waals surface area contributed by atoms with E-state index in [1.165, 1.54) is 19.3 Å². The largest absolute Gasteiger partial charge is 0.486 e. The van der Waals surface area contributed by atoms with Crippen LogP contribution in [0, 0.1) is 0 Å². The molecule has 0 heterocycles. The zero-order valence-corrected chi connectivity index (χ0v) is 14.8. The maximum Gasteiger partial charge on any atom is 0.251 e. The van der Waals surface area contributed by atoms with Crippen LogP contribution in [0.15, 0.2) is 35.7 Å². The topological polar surface area (TPSA) is 64.3 Å². The number of rotatable bonds is 6. The third-order valence-corrected chi connectivity index (χ3v) is 4.17. The first-order chi connectivity index (χ1) is 11.1. The molecule has 2 rings (SSSR count). The Morgan fingerprint density at radius 3 is 2.71 bits per heavy atom. The Hall–Kier alpha value is -1.59. The Bertz CT molecular complexity index is 572. The standard InChI is InChI=1S/C18H25FN2O2.ClH/c1-13(11-20)17(19)12-23-16-9-5-6-14(10-16)18(22)21-15-7-3-2-4-8-15;/h5-6,9-10,15H,2-4,7-8,11-12,20H2,1H3,(H,21,22);1H/b17-13-;. The molecule has 0 atom stereocenters. The minimum Gasteiger partial charge on any atom is -0.486 e. The Balaban J connectivity index is 0.00000288. The van der Waals surface area contributed by atoms with E-state index in [0.29, 0.717) is 16.9 Å². The van der Waals surface area contributed by atoms with Crippen LogP contribution >= 0.6 is 12.4 Å². The lowest BCUT2D eigenvalue weighted by atomic mass is 9.95. The van der Waals surface area contributed by atoms with Crippen molar-refractivity contribution in [3.05, 3.63) is 41.2 Å². The lowest BCUT2D eigenvalue weighted by Crippen LogP contribution is -2.36. The van der Waals surface area contributed by atoms with Crippen LogP contribution in [0.5, 0.6) is 5.75 Å². The van der Waals surface area contributed by atoms with Crippen LogP contribution in [0.2, 0.25) is 0 Å². The first kappa shape index (κ1) is 20.5. The van der Waals surface area contributed by atoms with Crippen molar-refractivity contribution in [2.45, 2.75) is 45.1 Å². The monoisotopic (exact) mass is 356 g/mol. The lowest BCUT2D eigenvalue weighted by molar-refractivity contribution is 0.0927. The van der Waals surface area contributed by atoms with Crippen LogP contribution in [-0.4, -0.2) is 25.1 Å². The third-order valence-electron chi connectivity index (χ3n) is 4.17. The zero-order chi connectivity index (χ0) is 16.7. The molecule has 1 aliphatic carbocycles. The summed E-state index contributed by atoms with van der Waals surface area (Å²) < 4.78 is 19.0. The first-order valence-corrected chi connectivity index (χ1v) is 8.18. The van der Waals surface area contributed by atoms with E-state index in [1.807, 2.05) is 0 Å². The van der Waals surface area contributed by atoms with Crippen molar-refractivity contribution in [2.24, 2.45) is 5.73 Å². The van der Waals surface area contributed by atoms with Gasteiger partial charge in [0, 0.05) is 18.2 Å².